The van der Waals surface area contributed by atoms with E-state index in [1.165, 1.54) is 0 Å². The summed E-state index contributed by atoms with van der Waals surface area (Å²) in [6, 6.07) is 17.1. The lowest BCUT2D eigenvalue weighted by Crippen LogP contribution is -2.47. The number of amides is 1. The Kier molecular flexibility index (Phi) is 10.3. The van der Waals surface area contributed by atoms with Crippen LogP contribution in [-0.2, 0) is 29.3 Å². The molecule has 2 rings (SSSR count). The van der Waals surface area contributed by atoms with Gasteiger partial charge in [-0.3, -0.25) is 0 Å². The minimum absolute atomic E-state index is 0.172. The van der Waals surface area contributed by atoms with Crippen LogP contribution in [0.3, 0.4) is 0 Å². The first-order chi connectivity index (χ1) is 15.1. The normalized spacial score (nSPS) is 14.3. The number of benzene rings is 2. The fraction of sp³-hybridized carbons (Fsp3) is 0.400. The topological polar surface area (TPSA) is 64.6 Å². The third-order valence-corrected chi connectivity index (χ3v) is 7.09. The first kappa shape index (κ1) is 26.5. The van der Waals surface area contributed by atoms with Crippen molar-refractivity contribution in [3.63, 3.8) is 0 Å². The maximum atomic E-state index is 13.1. The first-order valence-electron chi connectivity index (χ1n) is 10.6. The summed E-state index contributed by atoms with van der Waals surface area (Å²) in [5.41, 5.74) is 1.93. The van der Waals surface area contributed by atoms with Crippen LogP contribution in [0.4, 0.5) is 4.79 Å². The van der Waals surface area contributed by atoms with Crippen LogP contribution in [-0.4, -0.2) is 32.4 Å². The highest BCUT2D eigenvalue weighted by Crippen LogP contribution is 2.20. The summed E-state index contributed by atoms with van der Waals surface area (Å²) >= 11 is 2.21. The van der Waals surface area contributed by atoms with Gasteiger partial charge in [0, 0.05) is 28.4 Å². The molecule has 0 radical (unpaired) electrons. The van der Waals surface area contributed by atoms with E-state index in [2.05, 4.69) is 27.2 Å². The number of nitrogens with one attached hydrogen (secondary N) is 1. The second-order valence-electron chi connectivity index (χ2n) is 8.72. The molecule has 0 fully saturated rings. The average Bonchev–Trinajstić information content (AvgIpc) is 2.76. The number of halogens is 1. The van der Waals surface area contributed by atoms with Gasteiger partial charge in [0.15, 0.2) is 0 Å². The monoisotopic (exact) mass is 520 g/mol. The molecular formula is C25H33BrN2O3S. The van der Waals surface area contributed by atoms with Gasteiger partial charge in [0.25, 0.3) is 0 Å². The summed E-state index contributed by atoms with van der Waals surface area (Å²) in [6.45, 7) is 12.2. The molecule has 0 aromatic heterocycles. The number of rotatable bonds is 10. The average molecular weight is 522 g/mol. The van der Waals surface area contributed by atoms with Gasteiger partial charge in [0.2, 0.25) is 0 Å². The highest BCUT2D eigenvalue weighted by atomic mass is 79.9. The number of nitrogens with zero attached hydrogens (tertiary/aromatic N) is 1. The Bertz CT molecular complexity index is 856. The van der Waals surface area contributed by atoms with E-state index in [9.17, 15) is 9.35 Å². The molecule has 0 aliphatic rings. The molecule has 2 aromatic rings. The van der Waals surface area contributed by atoms with Gasteiger partial charge in [0.1, 0.15) is 11.4 Å². The van der Waals surface area contributed by atoms with Crippen molar-refractivity contribution in [3.05, 3.63) is 82.9 Å². The van der Waals surface area contributed by atoms with Gasteiger partial charge in [0.05, 0.1) is 6.04 Å². The fourth-order valence-corrected chi connectivity index (χ4v) is 4.08. The zero-order valence-corrected chi connectivity index (χ0v) is 21.6. The number of carbonyl (C=O) groups is 1. The van der Waals surface area contributed by atoms with Crippen molar-refractivity contribution in [2.75, 3.05) is 0 Å². The molecule has 0 heterocycles. The van der Waals surface area contributed by atoms with Crippen LogP contribution in [0, 0.1) is 0 Å². The molecule has 1 amide bonds. The second kappa shape index (κ2) is 12.4. The fourth-order valence-electron chi connectivity index (χ4n) is 2.99. The molecule has 1 N–H and O–H groups in total. The van der Waals surface area contributed by atoms with Crippen molar-refractivity contribution in [1.82, 2.24) is 9.62 Å². The van der Waals surface area contributed by atoms with E-state index in [0.717, 1.165) is 15.6 Å². The van der Waals surface area contributed by atoms with E-state index in [-0.39, 0.29) is 24.8 Å². The molecule has 1 unspecified atom stereocenters. The van der Waals surface area contributed by atoms with Crippen molar-refractivity contribution >= 4 is 33.4 Å². The molecule has 7 heteroatoms. The number of hydrogen-bond acceptors (Lipinski definition) is 4. The van der Waals surface area contributed by atoms with Gasteiger partial charge in [-0.25, -0.2) is 4.79 Å². The van der Waals surface area contributed by atoms with Crippen LogP contribution in [0.25, 0.3) is 0 Å². The minimum Gasteiger partial charge on any atom is -0.598 e. The van der Waals surface area contributed by atoms with Crippen molar-refractivity contribution < 1.29 is 14.1 Å². The lowest BCUT2D eigenvalue weighted by molar-refractivity contribution is 0.0775. The van der Waals surface area contributed by atoms with E-state index in [4.69, 9.17) is 4.74 Å². The van der Waals surface area contributed by atoms with Crippen molar-refractivity contribution in [1.29, 1.82) is 0 Å². The maximum absolute atomic E-state index is 13.1. The lowest BCUT2D eigenvalue weighted by atomic mass is 10.1. The maximum Gasteiger partial charge on any atom is 0.410 e. The molecule has 0 saturated heterocycles. The second-order valence-corrected chi connectivity index (χ2v) is 11.6. The summed E-state index contributed by atoms with van der Waals surface area (Å²) in [6.07, 6.45) is 1.92. The molecule has 0 saturated carbocycles. The van der Waals surface area contributed by atoms with E-state index in [1.807, 2.05) is 82.3 Å². The molecule has 2 aromatic carbocycles. The molecule has 32 heavy (non-hydrogen) atoms. The summed E-state index contributed by atoms with van der Waals surface area (Å²) in [7, 11) is 0. The molecule has 0 bridgehead atoms. The van der Waals surface area contributed by atoms with Crippen LogP contribution >= 0.6 is 15.9 Å². The van der Waals surface area contributed by atoms with Crippen LogP contribution in [0.1, 0.15) is 45.2 Å². The molecule has 3 atom stereocenters. The number of carbonyl (C=O) groups excluding carboxylic acids is 1. The predicted molar refractivity (Wildman–Crippen MR) is 135 cm³/mol. The van der Waals surface area contributed by atoms with E-state index in [0.29, 0.717) is 13.0 Å². The van der Waals surface area contributed by atoms with E-state index in [1.54, 1.807) is 11.0 Å². The standard InChI is InChI=1S/C25H33BrN2O3S/c1-6-23(27-32(30)25(3,4)5)16-19(2)28(17-20-12-14-22(26)15-13-20)24(29)31-18-21-10-8-7-9-11-21/h6-15,19,23,27H,1,16-18H2,2-5H3/t19-,23-,32?/m0/s1. The highest BCUT2D eigenvalue weighted by Gasteiger charge is 2.30. The van der Waals surface area contributed by atoms with Gasteiger partial charge >= 0.3 is 6.09 Å². The Morgan fingerprint density at radius 2 is 1.81 bits per heavy atom. The zero-order valence-electron chi connectivity index (χ0n) is 19.2. The van der Waals surface area contributed by atoms with Crippen LogP contribution in [0.15, 0.2) is 71.7 Å². The molecule has 174 valence electrons. The lowest BCUT2D eigenvalue weighted by Gasteiger charge is -2.32. The highest BCUT2D eigenvalue weighted by molar-refractivity contribution is 9.10. The van der Waals surface area contributed by atoms with Gasteiger partial charge in [-0.15, -0.1) is 11.3 Å². The van der Waals surface area contributed by atoms with Gasteiger partial charge < -0.3 is 14.2 Å². The Labute approximate surface area is 203 Å². The van der Waals surface area contributed by atoms with Crippen molar-refractivity contribution in [2.24, 2.45) is 0 Å². The largest absolute Gasteiger partial charge is 0.598 e. The molecular weight excluding hydrogens is 488 g/mol. The summed E-state index contributed by atoms with van der Waals surface area (Å²) in [5, 5.41) is 0. The van der Waals surface area contributed by atoms with Crippen molar-refractivity contribution in [3.8, 4) is 0 Å². The minimum atomic E-state index is -1.24. The van der Waals surface area contributed by atoms with E-state index < -0.39 is 16.1 Å². The molecule has 0 spiro atoms. The molecule has 5 nitrogen and oxygen atoms in total. The van der Waals surface area contributed by atoms with Crippen LogP contribution in [0.2, 0.25) is 0 Å². The Morgan fingerprint density at radius 3 is 2.38 bits per heavy atom. The molecule has 0 aliphatic carbocycles. The quantitative estimate of drug-likeness (QED) is 0.309. The third-order valence-electron chi connectivity index (χ3n) is 4.93. The summed E-state index contributed by atoms with van der Waals surface area (Å²) in [4.78, 5) is 14.8. The summed E-state index contributed by atoms with van der Waals surface area (Å²) in [5.74, 6) is 0. The van der Waals surface area contributed by atoms with Gasteiger partial charge in [-0.05, 0) is 57.4 Å². The first-order valence-corrected chi connectivity index (χ1v) is 12.6. The Morgan fingerprint density at radius 1 is 1.19 bits per heavy atom. The number of ether oxygens (including phenoxy) is 1. The summed E-state index contributed by atoms with van der Waals surface area (Å²) < 4.78 is 21.9. The predicted octanol–water partition coefficient (Wildman–Crippen LogP) is 5.97. The third kappa shape index (κ3) is 8.62. The number of hydrogen-bond donors (Lipinski definition) is 1. The van der Waals surface area contributed by atoms with Crippen LogP contribution in [0.5, 0.6) is 0 Å². The van der Waals surface area contributed by atoms with Gasteiger partial charge in [-0.2, -0.15) is 0 Å². The molecule has 0 aliphatic heterocycles. The van der Waals surface area contributed by atoms with Crippen molar-refractivity contribution in [2.45, 2.75) is 64.1 Å². The van der Waals surface area contributed by atoms with E-state index >= 15 is 0 Å². The van der Waals surface area contributed by atoms with Crippen LogP contribution < -0.4 is 4.72 Å². The zero-order chi connectivity index (χ0) is 23.7. The van der Waals surface area contributed by atoms with Gasteiger partial charge in [-0.1, -0.05) is 64.5 Å². The Balaban J connectivity index is 2.12. The smallest absolute Gasteiger partial charge is 0.410 e. The Hall–Kier alpha value is -1.80. The SMILES string of the molecule is C=C[C@@H](C[C@H](C)N(Cc1ccc(Br)cc1)C(=O)OCc1ccccc1)N[S+]([O-])C(C)(C)C.